The molecule has 16 heavy (non-hydrogen) atoms. The number of hydrogen-bond donors (Lipinski definition) is 1. The van der Waals surface area contributed by atoms with Gasteiger partial charge in [0.1, 0.15) is 11.6 Å². The maximum absolute atomic E-state index is 13.1. The predicted molar refractivity (Wildman–Crippen MR) is 48.7 cm³/mol. The molecule has 0 spiro atoms. The van der Waals surface area contributed by atoms with Gasteiger partial charge in [-0.1, -0.05) is 6.07 Å². The number of hydrogen-bond acceptors (Lipinski definition) is 1. The summed E-state index contributed by atoms with van der Waals surface area (Å²) < 4.78 is 61.4. The predicted octanol–water partition coefficient (Wildman–Crippen LogP) is 2.79. The van der Waals surface area contributed by atoms with Crippen LogP contribution in [0.1, 0.15) is 12.0 Å². The maximum atomic E-state index is 13.1. The average Bonchev–Trinajstić information content (AvgIpc) is 2.06. The Kier molecular flexibility index (Phi) is 3.85. The van der Waals surface area contributed by atoms with Crippen molar-refractivity contribution >= 4 is 0 Å². The monoisotopic (exact) mass is 239 g/mol. The second kappa shape index (κ2) is 4.78. The summed E-state index contributed by atoms with van der Waals surface area (Å²) in [6, 6.07) is 1.48. The Morgan fingerprint density at radius 1 is 1.19 bits per heavy atom. The van der Waals surface area contributed by atoms with Gasteiger partial charge in [-0.15, -0.1) is 0 Å². The molecule has 0 amide bonds. The third-order valence-electron chi connectivity index (χ3n) is 1.99. The molecule has 1 rings (SSSR count). The van der Waals surface area contributed by atoms with Gasteiger partial charge in [0.2, 0.25) is 0 Å². The molecule has 1 nitrogen and oxygen atoms in total. The zero-order chi connectivity index (χ0) is 12.3. The molecule has 0 radical (unpaired) electrons. The Labute approximate surface area is 89.1 Å². The van der Waals surface area contributed by atoms with Gasteiger partial charge in [-0.25, -0.2) is 8.78 Å². The molecular weight excluding hydrogens is 229 g/mol. The Balaban J connectivity index is 2.66. The summed E-state index contributed by atoms with van der Waals surface area (Å²) in [6.07, 6.45) is -5.84. The van der Waals surface area contributed by atoms with Crippen LogP contribution >= 0.6 is 0 Å². The summed E-state index contributed by atoms with van der Waals surface area (Å²) in [5, 5.41) is 0. The van der Waals surface area contributed by atoms with Crippen LogP contribution in [0.4, 0.5) is 22.0 Å². The minimum atomic E-state index is -4.38. The van der Waals surface area contributed by atoms with Crippen molar-refractivity contribution in [1.82, 2.24) is 0 Å². The van der Waals surface area contributed by atoms with E-state index in [0.717, 1.165) is 12.1 Å². The van der Waals surface area contributed by atoms with E-state index >= 15 is 0 Å². The molecule has 0 heterocycles. The third-order valence-corrected chi connectivity index (χ3v) is 1.99. The lowest BCUT2D eigenvalue weighted by Gasteiger charge is -2.14. The number of halogens is 5. The topological polar surface area (TPSA) is 26.0 Å². The van der Waals surface area contributed by atoms with E-state index in [1.54, 1.807) is 0 Å². The lowest BCUT2D eigenvalue weighted by atomic mass is 10.0. The molecule has 90 valence electrons. The van der Waals surface area contributed by atoms with Crippen molar-refractivity contribution in [2.75, 3.05) is 0 Å². The largest absolute Gasteiger partial charge is 0.390 e. The van der Waals surface area contributed by atoms with E-state index < -0.39 is 30.3 Å². The quantitative estimate of drug-likeness (QED) is 0.806. The van der Waals surface area contributed by atoms with Crippen molar-refractivity contribution in [3.05, 3.63) is 35.4 Å². The van der Waals surface area contributed by atoms with E-state index in [1.165, 1.54) is 0 Å². The van der Waals surface area contributed by atoms with Gasteiger partial charge in [0.15, 0.2) is 0 Å². The van der Waals surface area contributed by atoms with Gasteiger partial charge in [-0.3, -0.25) is 0 Å². The zero-order valence-corrected chi connectivity index (χ0v) is 8.19. The van der Waals surface area contributed by atoms with Gasteiger partial charge in [0.05, 0.1) is 6.42 Å². The first-order chi connectivity index (χ1) is 7.28. The van der Waals surface area contributed by atoms with Gasteiger partial charge in [-0.2, -0.15) is 13.2 Å². The first-order valence-corrected chi connectivity index (χ1v) is 4.54. The van der Waals surface area contributed by atoms with Crippen LogP contribution in [0.2, 0.25) is 0 Å². The number of nitrogens with two attached hydrogens (primary N) is 1. The summed E-state index contributed by atoms with van der Waals surface area (Å²) in [5.74, 6) is -1.65. The zero-order valence-electron chi connectivity index (χ0n) is 8.19. The molecule has 1 atom stereocenters. The van der Waals surface area contributed by atoms with E-state index in [-0.39, 0.29) is 12.0 Å². The molecule has 0 aliphatic carbocycles. The van der Waals surface area contributed by atoms with Crippen molar-refractivity contribution in [3.8, 4) is 0 Å². The van der Waals surface area contributed by atoms with Crippen LogP contribution in [0.5, 0.6) is 0 Å². The molecule has 0 fully saturated rings. The Hall–Kier alpha value is -1.17. The fourth-order valence-corrected chi connectivity index (χ4v) is 1.34. The van der Waals surface area contributed by atoms with Gasteiger partial charge >= 0.3 is 6.18 Å². The molecule has 0 aliphatic rings. The van der Waals surface area contributed by atoms with Crippen molar-refractivity contribution < 1.29 is 22.0 Å². The molecule has 0 bridgehead atoms. The summed E-state index contributed by atoms with van der Waals surface area (Å²) in [5.41, 5.74) is 5.20. The van der Waals surface area contributed by atoms with Gasteiger partial charge in [-0.05, 0) is 18.1 Å². The van der Waals surface area contributed by atoms with Crippen molar-refractivity contribution in [2.24, 2.45) is 5.73 Å². The van der Waals surface area contributed by atoms with Crippen molar-refractivity contribution in [2.45, 2.75) is 25.1 Å². The fourth-order valence-electron chi connectivity index (χ4n) is 1.34. The van der Waals surface area contributed by atoms with Crippen molar-refractivity contribution in [1.29, 1.82) is 0 Å². The highest BCUT2D eigenvalue weighted by Crippen LogP contribution is 2.22. The minimum Gasteiger partial charge on any atom is -0.327 e. The average molecular weight is 239 g/mol. The van der Waals surface area contributed by atoms with Crippen LogP contribution < -0.4 is 5.73 Å². The first-order valence-electron chi connectivity index (χ1n) is 4.54. The van der Waals surface area contributed by atoms with Gasteiger partial charge in [0.25, 0.3) is 0 Å². The highest BCUT2D eigenvalue weighted by Gasteiger charge is 2.30. The molecule has 1 aromatic carbocycles. The van der Waals surface area contributed by atoms with Crippen molar-refractivity contribution in [3.63, 3.8) is 0 Å². The Morgan fingerprint density at radius 2 is 1.81 bits per heavy atom. The third kappa shape index (κ3) is 4.14. The standard InChI is InChI=1S/C10H10F5N/c11-7-2-1-6(9(12)4-7)3-8(16)5-10(13,14)15/h1-2,4,8H,3,5,16H2. The molecule has 1 unspecified atom stereocenters. The van der Waals surface area contributed by atoms with E-state index in [1.807, 2.05) is 0 Å². The molecule has 0 saturated heterocycles. The van der Waals surface area contributed by atoms with Crippen LogP contribution in [-0.2, 0) is 6.42 Å². The van der Waals surface area contributed by atoms with Crippen LogP contribution in [0.3, 0.4) is 0 Å². The maximum Gasteiger partial charge on any atom is 0.390 e. The number of rotatable bonds is 3. The first kappa shape index (κ1) is 12.9. The highest BCUT2D eigenvalue weighted by atomic mass is 19.4. The second-order valence-corrected chi connectivity index (χ2v) is 3.52. The Morgan fingerprint density at radius 3 is 2.31 bits per heavy atom. The molecule has 2 N–H and O–H groups in total. The van der Waals surface area contributed by atoms with Gasteiger partial charge < -0.3 is 5.73 Å². The van der Waals surface area contributed by atoms with Crippen LogP contribution in [-0.4, -0.2) is 12.2 Å². The van der Waals surface area contributed by atoms with E-state index in [4.69, 9.17) is 5.73 Å². The summed E-state index contributed by atoms with van der Waals surface area (Å²) >= 11 is 0. The summed E-state index contributed by atoms with van der Waals surface area (Å²) in [4.78, 5) is 0. The molecular formula is C10H10F5N. The minimum absolute atomic E-state index is 0.0156. The van der Waals surface area contributed by atoms with Crippen LogP contribution in [0.25, 0.3) is 0 Å². The van der Waals surface area contributed by atoms with Crippen LogP contribution in [0.15, 0.2) is 18.2 Å². The smallest absolute Gasteiger partial charge is 0.327 e. The summed E-state index contributed by atoms with van der Waals surface area (Å²) in [6.45, 7) is 0. The molecule has 6 heteroatoms. The summed E-state index contributed by atoms with van der Waals surface area (Å²) in [7, 11) is 0. The van der Waals surface area contributed by atoms with Crippen LogP contribution in [0, 0.1) is 11.6 Å². The molecule has 0 saturated carbocycles. The fraction of sp³-hybridized carbons (Fsp3) is 0.400. The lowest BCUT2D eigenvalue weighted by molar-refractivity contribution is -0.138. The highest BCUT2D eigenvalue weighted by molar-refractivity contribution is 5.19. The molecule has 0 aromatic heterocycles. The normalized spacial score (nSPS) is 13.9. The number of benzene rings is 1. The number of alkyl halides is 3. The molecule has 1 aromatic rings. The second-order valence-electron chi connectivity index (χ2n) is 3.52. The lowest BCUT2D eigenvalue weighted by Crippen LogP contribution is -2.29. The van der Waals surface area contributed by atoms with E-state index in [2.05, 4.69) is 0 Å². The SMILES string of the molecule is NC(Cc1ccc(F)cc1F)CC(F)(F)F. The Bertz CT molecular complexity index is 361. The van der Waals surface area contributed by atoms with E-state index in [9.17, 15) is 22.0 Å². The molecule has 0 aliphatic heterocycles. The van der Waals surface area contributed by atoms with Gasteiger partial charge in [0, 0.05) is 12.1 Å². The van der Waals surface area contributed by atoms with E-state index in [0.29, 0.717) is 6.07 Å².